The summed E-state index contributed by atoms with van der Waals surface area (Å²) in [5.74, 6) is 0.0256. The molecular formula is C16H25N3O. The molecule has 20 heavy (non-hydrogen) atoms. The van der Waals surface area contributed by atoms with Gasteiger partial charge in [0.1, 0.15) is 0 Å². The molecule has 1 aromatic carbocycles. The first-order valence-corrected chi connectivity index (χ1v) is 7.19. The number of nitrogens with two attached hydrogens (primary N) is 1. The van der Waals surface area contributed by atoms with Crippen LogP contribution in [-0.2, 0) is 0 Å². The molecule has 0 saturated carbocycles. The third-order valence-corrected chi connectivity index (χ3v) is 4.01. The predicted molar refractivity (Wildman–Crippen MR) is 84.4 cm³/mol. The molecule has 1 saturated heterocycles. The van der Waals surface area contributed by atoms with E-state index in [4.69, 9.17) is 5.73 Å². The summed E-state index contributed by atoms with van der Waals surface area (Å²) in [7, 11) is 0. The Morgan fingerprint density at radius 2 is 1.75 bits per heavy atom. The van der Waals surface area contributed by atoms with Crippen LogP contribution in [-0.4, -0.2) is 42.4 Å². The molecular weight excluding hydrogens is 250 g/mol. The van der Waals surface area contributed by atoms with Gasteiger partial charge in [-0.1, -0.05) is 0 Å². The van der Waals surface area contributed by atoms with Gasteiger partial charge in [0.2, 0.25) is 0 Å². The fourth-order valence-corrected chi connectivity index (χ4v) is 2.68. The zero-order valence-corrected chi connectivity index (χ0v) is 12.9. The molecule has 1 heterocycles. The van der Waals surface area contributed by atoms with Gasteiger partial charge in [0, 0.05) is 48.7 Å². The number of piperazine rings is 1. The molecule has 0 unspecified atom stereocenters. The Hall–Kier alpha value is -1.55. The van der Waals surface area contributed by atoms with Crippen molar-refractivity contribution in [1.29, 1.82) is 0 Å². The summed E-state index contributed by atoms with van der Waals surface area (Å²) >= 11 is 0. The normalized spacial score (nSPS) is 17.3. The lowest BCUT2D eigenvalue weighted by molar-refractivity contribution is 0.101. The third-order valence-electron chi connectivity index (χ3n) is 4.01. The molecule has 4 nitrogen and oxygen atoms in total. The highest BCUT2D eigenvalue weighted by Gasteiger charge is 2.26. The number of benzene rings is 1. The van der Waals surface area contributed by atoms with Crippen molar-refractivity contribution < 1.29 is 4.79 Å². The van der Waals surface area contributed by atoms with Crippen LogP contribution in [0.15, 0.2) is 18.2 Å². The van der Waals surface area contributed by atoms with Crippen LogP contribution in [0, 0.1) is 0 Å². The molecule has 110 valence electrons. The minimum absolute atomic E-state index is 0.0256. The molecule has 2 N–H and O–H groups in total. The van der Waals surface area contributed by atoms with Crippen LogP contribution < -0.4 is 10.6 Å². The van der Waals surface area contributed by atoms with Gasteiger partial charge in [0.15, 0.2) is 5.78 Å². The summed E-state index contributed by atoms with van der Waals surface area (Å²) in [4.78, 5) is 16.4. The third kappa shape index (κ3) is 3.12. The van der Waals surface area contributed by atoms with E-state index in [1.807, 2.05) is 18.2 Å². The van der Waals surface area contributed by atoms with E-state index in [2.05, 4.69) is 30.6 Å². The zero-order chi connectivity index (χ0) is 14.9. The van der Waals surface area contributed by atoms with Crippen molar-refractivity contribution in [3.8, 4) is 0 Å². The van der Waals surface area contributed by atoms with Crippen molar-refractivity contribution in [3.05, 3.63) is 23.8 Å². The van der Waals surface area contributed by atoms with Gasteiger partial charge in [0.25, 0.3) is 0 Å². The standard InChI is InChI=1S/C16H25N3O/c1-12(20)14-11-13(5-6-15(14)17)18-7-9-19(10-8-18)16(2,3)4/h5-6,11H,7-10,17H2,1-4H3. The second kappa shape index (κ2) is 5.44. The van der Waals surface area contributed by atoms with E-state index < -0.39 is 0 Å². The lowest BCUT2D eigenvalue weighted by atomic mass is 10.0. The van der Waals surface area contributed by atoms with Crippen molar-refractivity contribution >= 4 is 17.2 Å². The fraction of sp³-hybridized carbons (Fsp3) is 0.562. The molecule has 1 aromatic rings. The van der Waals surface area contributed by atoms with Gasteiger partial charge in [-0.05, 0) is 45.9 Å². The van der Waals surface area contributed by atoms with Crippen LogP contribution in [0.25, 0.3) is 0 Å². The topological polar surface area (TPSA) is 49.6 Å². The number of ketones is 1. The van der Waals surface area contributed by atoms with E-state index in [-0.39, 0.29) is 11.3 Å². The van der Waals surface area contributed by atoms with E-state index >= 15 is 0 Å². The molecule has 2 rings (SSSR count). The van der Waals surface area contributed by atoms with Crippen molar-refractivity contribution in [1.82, 2.24) is 4.90 Å². The molecule has 0 bridgehead atoms. The van der Waals surface area contributed by atoms with Gasteiger partial charge >= 0.3 is 0 Å². The molecule has 4 heteroatoms. The van der Waals surface area contributed by atoms with Gasteiger partial charge < -0.3 is 10.6 Å². The Kier molecular flexibility index (Phi) is 4.04. The maximum absolute atomic E-state index is 11.6. The summed E-state index contributed by atoms with van der Waals surface area (Å²) in [5, 5.41) is 0. The smallest absolute Gasteiger partial charge is 0.161 e. The second-order valence-electron chi connectivity index (χ2n) is 6.47. The monoisotopic (exact) mass is 275 g/mol. The van der Waals surface area contributed by atoms with Crippen molar-refractivity contribution in [3.63, 3.8) is 0 Å². The zero-order valence-electron chi connectivity index (χ0n) is 12.9. The van der Waals surface area contributed by atoms with Gasteiger partial charge in [-0.15, -0.1) is 0 Å². The van der Waals surface area contributed by atoms with E-state index in [0.29, 0.717) is 11.3 Å². The Morgan fingerprint density at radius 3 is 2.25 bits per heavy atom. The Balaban J connectivity index is 2.11. The number of carbonyl (C=O) groups is 1. The molecule has 1 aliphatic rings. The van der Waals surface area contributed by atoms with Crippen molar-refractivity contribution in [2.75, 3.05) is 36.8 Å². The molecule has 1 aliphatic heterocycles. The number of carbonyl (C=O) groups excluding carboxylic acids is 1. The molecule has 0 amide bonds. The highest BCUT2D eigenvalue weighted by Crippen LogP contribution is 2.24. The fourth-order valence-electron chi connectivity index (χ4n) is 2.68. The number of hydrogen-bond acceptors (Lipinski definition) is 4. The molecule has 0 atom stereocenters. The van der Waals surface area contributed by atoms with E-state index in [1.54, 1.807) is 6.92 Å². The predicted octanol–water partition coefficient (Wildman–Crippen LogP) is 2.39. The molecule has 0 radical (unpaired) electrons. The summed E-state index contributed by atoms with van der Waals surface area (Å²) in [6.07, 6.45) is 0. The van der Waals surface area contributed by atoms with E-state index in [9.17, 15) is 4.79 Å². The highest BCUT2D eigenvalue weighted by atomic mass is 16.1. The largest absolute Gasteiger partial charge is 0.398 e. The van der Waals surface area contributed by atoms with Crippen LogP contribution in [0.1, 0.15) is 38.1 Å². The van der Waals surface area contributed by atoms with Gasteiger partial charge in [-0.25, -0.2) is 0 Å². The average molecular weight is 275 g/mol. The number of Topliss-reactive ketones (excluding diaryl/α,β-unsaturated/α-hetero) is 1. The van der Waals surface area contributed by atoms with Gasteiger partial charge in [-0.3, -0.25) is 9.69 Å². The summed E-state index contributed by atoms with van der Waals surface area (Å²) in [6.45, 7) is 12.4. The quantitative estimate of drug-likeness (QED) is 0.665. The first-order valence-electron chi connectivity index (χ1n) is 7.19. The number of nitrogens with zero attached hydrogens (tertiary/aromatic N) is 2. The van der Waals surface area contributed by atoms with Crippen LogP contribution in [0.3, 0.4) is 0 Å². The second-order valence-corrected chi connectivity index (χ2v) is 6.47. The van der Waals surface area contributed by atoms with E-state index in [1.165, 1.54) is 0 Å². The first-order chi connectivity index (χ1) is 9.29. The van der Waals surface area contributed by atoms with Gasteiger partial charge in [0.05, 0.1) is 0 Å². The lowest BCUT2D eigenvalue weighted by Gasteiger charge is -2.43. The summed E-state index contributed by atoms with van der Waals surface area (Å²) in [5.41, 5.74) is 8.36. The number of rotatable bonds is 2. The molecule has 0 aliphatic carbocycles. The molecule has 1 fully saturated rings. The van der Waals surface area contributed by atoms with Gasteiger partial charge in [-0.2, -0.15) is 0 Å². The number of anilines is 2. The van der Waals surface area contributed by atoms with Crippen molar-refractivity contribution in [2.24, 2.45) is 0 Å². The summed E-state index contributed by atoms with van der Waals surface area (Å²) in [6, 6.07) is 5.77. The molecule has 0 spiro atoms. The highest BCUT2D eigenvalue weighted by molar-refractivity contribution is 6.00. The van der Waals surface area contributed by atoms with Crippen molar-refractivity contribution in [2.45, 2.75) is 33.2 Å². The van der Waals surface area contributed by atoms with Crippen LogP contribution in [0.4, 0.5) is 11.4 Å². The average Bonchev–Trinajstić information content (AvgIpc) is 2.38. The SMILES string of the molecule is CC(=O)c1cc(N2CCN(C(C)(C)C)CC2)ccc1N. The Morgan fingerprint density at radius 1 is 1.15 bits per heavy atom. The van der Waals surface area contributed by atoms with Crippen LogP contribution in [0.2, 0.25) is 0 Å². The Bertz CT molecular complexity index is 497. The lowest BCUT2D eigenvalue weighted by Crippen LogP contribution is -2.53. The number of nitrogen functional groups attached to an aromatic ring is 1. The van der Waals surface area contributed by atoms with Crippen LogP contribution >= 0.6 is 0 Å². The Labute approximate surface area is 121 Å². The summed E-state index contributed by atoms with van der Waals surface area (Å²) < 4.78 is 0. The number of hydrogen-bond donors (Lipinski definition) is 1. The molecule has 0 aromatic heterocycles. The minimum Gasteiger partial charge on any atom is -0.398 e. The maximum Gasteiger partial charge on any atom is 0.161 e. The van der Waals surface area contributed by atoms with Crippen LogP contribution in [0.5, 0.6) is 0 Å². The minimum atomic E-state index is 0.0256. The maximum atomic E-state index is 11.6. The first kappa shape index (κ1) is 14.9. The van der Waals surface area contributed by atoms with E-state index in [0.717, 1.165) is 31.9 Å².